The third kappa shape index (κ3) is 5.73. The van der Waals surface area contributed by atoms with Crippen LogP contribution in [0.2, 0.25) is 0 Å². The predicted octanol–water partition coefficient (Wildman–Crippen LogP) is 2.40. The van der Waals surface area contributed by atoms with Gasteiger partial charge in [0.15, 0.2) is 5.96 Å². The van der Waals surface area contributed by atoms with Gasteiger partial charge in [0.25, 0.3) is 0 Å². The van der Waals surface area contributed by atoms with Crippen LogP contribution >= 0.6 is 0 Å². The molecule has 1 aliphatic carbocycles. The molecule has 1 heterocycles. The molecule has 2 N–H and O–H groups in total. The molecule has 0 aliphatic heterocycles. The second-order valence-corrected chi connectivity index (χ2v) is 7.85. The largest absolute Gasteiger partial charge is 0.357 e. The summed E-state index contributed by atoms with van der Waals surface area (Å²) in [5.74, 6) is 0.915. The number of hydrogen-bond donors (Lipinski definition) is 2. The molecule has 1 aromatic heterocycles. The van der Waals surface area contributed by atoms with E-state index in [4.69, 9.17) is 4.99 Å². The molecule has 1 aliphatic rings. The average molecular weight is 363 g/mol. The summed E-state index contributed by atoms with van der Waals surface area (Å²) in [6.07, 6.45) is 3.65. The first-order valence-corrected chi connectivity index (χ1v) is 10.1. The van der Waals surface area contributed by atoms with E-state index >= 15 is 0 Å². The highest BCUT2D eigenvalue weighted by molar-refractivity contribution is 5.80. The molecule has 1 aromatic rings. The van der Waals surface area contributed by atoms with Crippen molar-refractivity contribution in [1.29, 1.82) is 0 Å². The van der Waals surface area contributed by atoms with Gasteiger partial charge in [0, 0.05) is 44.0 Å². The summed E-state index contributed by atoms with van der Waals surface area (Å²) in [6, 6.07) is 1.69. The van der Waals surface area contributed by atoms with E-state index in [1.54, 1.807) is 0 Å². The first-order valence-electron chi connectivity index (χ1n) is 10.1. The quantitative estimate of drug-likeness (QED) is 0.523. The van der Waals surface area contributed by atoms with Gasteiger partial charge < -0.3 is 10.6 Å². The van der Waals surface area contributed by atoms with E-state index in [1.807, 2.05) is 11.7 Å². The zero-order valence-electron chi connectivity index (χ0n) is 17.8. The van der Waals surface area contributed by atoms with E-state index in [1.165, 1.54) is 24.1 Å². The van der Waals surface area contributed by atoms with Crippen molar-refractivity contribution in [2.24, 2.45) is 12.0 Å². The van der Waals surface area contributed by atoms with Gasteiger partial charge in [-0.05, 0) is 66.4 Å². The molecule has 2 rings (SSSR count). The molecule has 0 radical (unpaired) electrons. The minimum Gasteiger partial charge on any atom is -0.357 e. The summed E-state index contributed by atoms with van der Waals surface area (Å²) < 4.78 is 1.97. The van der Waals surface area contributed by atoms with Crippen LogP contribution in [0.15, 0.2) is 4.99 Å². The molecule has 1 saturated carbocycles. The molecule has 1 atom stereocenters. The highest BCUT2D eigenvalue weighted by Crippen LogP contribution is 2.28. The molecule has 1 unspecified atom stereocenters. The van der Waals surface area contributed by atoms with Gasteiger partial charge in [0.05, 0.1) is 12.2 Å². The summed E-state index contributed by atoms with van der Waals surface area (Å²) in [7, 11) is 2.01. The van der Waals surface area contributed by atoms with Gasteiger partial charge in [-0.2, -0.15) is 5.10 Å². The Hall–Kier alpha value is -1.56. The Morgan fingerprint density at radius 3 is 2.50 bits per heavy atom. The van der Waals surface area contributed by atoms with Crippen molar-refractivity contribution < 1.29 is 0 Å². The van der Waals surface area contributed by atoms with Gasteiger partial charge in [-0.1, -0.05) is 0 Å². The van der Waals surface area contributed by atoms with E-state index in [0.717, 1.165) is 43.8 Å². The average Bonchev–Trinajstić information content (AvgIpc) is 3.36. The molecule has 0 aromatic carbocycles. The SMILES string of the molecule is CCNC(=NCCN(C(C)C)C1CC1)NC(C)Cc1c(C)nn(C)c1C. The van der Waals surface area contributed by atoms with Crippen LogP contribution in [0.1, 0.15) is 57.5 Å². The first kappa shape index (κ1) is 20.7. The molecule has 0 saturated heterocycles. The maximum Gasteiger partial charge on any atom is 0.191 e. The Kier molecular flexibility index (Phi) is 7.50. The fourth-order valence-corrected chi connectivity index (χ4v) is 3.57. The fraction of sp³-hybridized carbons (Fsp3) is 0.800. The standard InChI is InChI=1S/C20H38N6/c1-8-21-20(22-11-12-26(14(2)3)18-9-10-18)23-15(4)13-19-16(5)24-25(7)17(19)6/h14-15,18H,8-13H2,1-7H3,(H2,21,22,23). The summed E-state index contributed by atoms with van der Waals surface area (Å²) in [6.45, 7) is 15.9. The number of aryl methyl sites for hydroxylation is 2. The molecule has 6 heteroatoms. The van der Waals surface area contributed by atoms with Crippen LogP contribution in [0, 0.1) is 13.8 Å². The van der Waals surface area contributed by atoms with Crippen molar-refractivity contribution in [2.75, 3.05) is 19.6 Å². The van der Waals surface area contributed by atoms with Crippen LogP contribution in [-0.2, 0) is 13.5 Å². The zero-order chi connectivity index (χ0) is 19.3. The van der Waals surface area contributed by atoms with Crippen molar-refractivity contribution in [1.82, 2.24) is 25.3 Å². The monoisotopic (exact) mass is 362 g/mol. The topological polar surface area (TPSA) is 57.5 Å². The first-order chi connectivity index (χ1) is 12.3. The lowest BCUT2D eigenvalue weighted by Gasteiger charge is -2.25. The van der Waals surface area contributed by atoms with Crippen LogP contribution in [-0.4, -0.2) is 58.4 Å². The normalized spacial score (nSPS) is 16.4. The Morgan fingerprint density at radius 2 is 2.00 bits per heavy atom. The summed E-state index contributed by atoms with van der Waals surface area (Å²) >= 11 is 0. The van der Waals surface area contributed by atoms with Gasteiger partial charge in [0.1, 0.15) is 0 Å². The summed E-state index contributed by atoms with van der Waals surface area (Å²) in [5.41, 5.74) is 3.70. The maximum atomic E-state index is 4.81. The third-order valence-corrected chi connectivity index (χ3v) is 5.20. The van der Waals surface area contributed by atoms with Crippen LogP contribution in [0.3, 0.4) is 0 Å². The van der Waals surface area contributed by atoms with Crippen LogP contribution in [0.4, 0.5) is 0 Å². The lowest BCUT2D eigenvalue weighted by molar-refractivity contribution is 0.218. The molecule has 0 bridgehead atoms. The van der Waals surface area contributed by atoms with E-state index < -0.39 is 0 Å². The van der Waals surface area contributed by atoms with Crippen LogP contribution < -0.4 is 10.6 Å². The second-order valence-electron chi connectivity index (χ2n) is 7.85. The molecular formula is C20H38N6. The Bertz CT molecular complexity index is 598. The number of nitrogens with one attached hydrogen (secondary N) is 2. The van der Waals surface area contributed by atoms with E-state index in [-0.39, 0.29) is 0 Å². The van der Waals surface area contributed by atoms with Crippen molar-refractivity contribution in [3.8, 4) is 0 Å². The number of nitrogens with zero attached hydrogens (tertiary/aromatic N) is 4. The maximum absolute atomic E-state index is 4.81. The van der Waals surface area contributed by atoms with E-state index in [9.17, 15) is 0 Å². The minimum atomic E-state index is 0.305. The van der Waals surface area contributed by atoms with Crippen molar-refractivity contribution in [3.05, 3.63) is 17.0 Å². The number of aliphatic imine (C=N–C) groups is 1. The van der Waals surface area contributed by atoms with Crippen molar-refractivity contribution in [2.45, 2.75) is 78.9 Å². The number of hydrogen-bond acceptors (Lipinski definition) is 3. The molecule has 0 amide bonds. The van der Waals surface area contributed by atoms with Gasteiger partial charge in [-0.25, -0.2) is 0 Å². The predicted molar refractivity (Wildman–Crippen MR) is 110 cm³/mol. The Balaban J connectivity index is 1.91. The Morgan fingerprint density at radius 1 is 1.31 bits per heavy atom. The van der Waals surface area contributed by atoms with Gasteiger partial charge in [0.2, 0.25) is 0 Å². The number of aromatic nitrogens is 2. The van der Waals surface area contributed by atoms with E-state index in [0.29, 0.717) is 12.1 Å². The summed E-state index contributed by atoms with van der Waals surface area (Å²) in [4.78, 5) is 7.39. The molecule has 148 valence electrons. The molecule has 6 nitrogen and oxygen atoms in total. The lowest BCUT2D eigenvalue weighted by Crippen LogP contribution is -2.44. The third-order valence-electron chi connectivity index (χ3n) is 5.20. The molecule has 26 heavy (non-hydrogen) atoms. The summed E-state index contributed by atoms with van der Waals surface area (Å²) in [5, 5.41) is 11.5. The van der Waals surface area contributed by atoms with Crippen LogP contribution in [0.5, 0.6) is 0 Å². The van der Waals surface area contributed by atoms with Gasteiger partial charge in [-0.15, -0.1) is 0 Å². The fourth-order valence-electron chi connectivity index (χ4n) is 3.57. The smallest absolute Gasteiger partial charge is 0.191 e. The molecular weight excluding hydrogens is 324 g/mol. The van der Waals surface area contributed by atoms with Crippen molar-refractivity contribution >= 4 is 5.96 Å². The highest BCUT2D eigenvalue weighted by Gasteiger charge is 2.30. The van der Waals surface area contributed by atoms with E-state index in [2.05, 4.69) is 62.2 Å². The zero-order valence-corrected chi connectivity index (χ0v) is 17.8. The van der Waals surface area contributed by atoms with Gasteiger partial charge >= 0.3 is 0 Å². The van der Waals surface area contributed by atoms with Gasteiger partial charge in [-0.3, -0.25) is 14.6 Å². The molecule has 1 fully saturated rings. The Labute approximate surface area is 159 Å². The number of rotatable bonds is 9. The van der Waals surface area contributed by atoms with Crippen molar-refractivity contribution in [3.63, 3.8) is 0 Å². The van der Waals surface area contributed by atoms with Crippen LogP contribution in [0.25, 0.3) is 0 Å². The second kappa shape index (κ2) is 9.40. The molecule has 0 spiro atoms. The minimum absolute atomic E-state index is 0.305. The number of guanidine groups is 1. The lowest BCUT2D eigenvalue weighted by atomic mass is 10.1. The highest BCUT2D eigenvalue weighted by atomic mass is 15.3.